The Balaban J connectivity index is 1.43. The predicted octanol–water partition coefficient (Wildman–Crippen LogP) is 2.23. The standard InChI is InChI=1S/C22H28FN5O3/c1-15-16(21(30)26-22(24-15)28-11-13-31-14-12-28)7-8-19(29)25-20-17(23)5-4-6-18(20)27-9-2-3-10-27/h4-6H,2-3,7-14H2,1H3,(H,25,29)(H,24,26,30). The number of ether oxygens (including phenoxy) is 1. The van der Waals surface area contributed by atoms with Crippen molar-refractivity contribution < 1.29 is 13.9 Å². The van der Waals surface area contributed by atoms with E-state index >= 15 is 0 Å². The largest absolute Gasteiger partial charge is 0.378 e. The molecular weight excluding hydrogens is 401 g/mol. The monoisotopic (exact) mass is 429 g/mol. The molecule has 2 aliphatic heterocycles. The Kier molecular flexibility index (Phi) is 6.50. The number of nitrogens with zero attached hydrogens (tertiary/aromatic N) is 3. The Hall–Kier alpha value is -2.94. The van der Waals surface area contributed by atoms with Gasteiger partial charge in [-0.15, -0.1) is 0 Å². The normalized spacial score (nSPS) is 16.6. The summed E-state index contributed by atoms with van der Waals surface area (Å²) in [6, 6.07) is 4.83. The van der Waals surface area contributed by atoms with Crippen LogP contribution in [0.3, 0.4) is 0 Å². The maximum Gasteiger partial charge on any atom is 0.255 e. The number of morpholine rings is 1. The number of amides is 1. The first kappa shape index (κ1) is 21.3. The van der Waals surface area contributed by atoms with Crippen LogP contribution < -0.4 is 20.7 Å². The molecule has 1 aromatic carbocycles. The van der Waals surface area contributed by atoms with Gasteiger partial charge in [0.1, 0.15) is 11.5 Å². The molecule has 2 aliphatic rings. The molecule has 0 unspecified atom stereocenters. The number of nitrogens with one attached hydrogen (secondary N) is 2. The lowest BCUT2D eigenvalue weighted by Crippen LogP contribution is -2.38. The van der Waals surface area contributed by atoms with Crippen molar-refractivity contribution >= 4 is 23.2 Å². The summed E-state index contributed by atoms with van der Waals surface area (Å²) in [4.78, 5) is 36.6. The lowest BCUT2D eigenvalue weighted by atomic mass is 10.1. The molecule has 166 valence electrons. The lowest BCUT2D eigenvalue weighted by Gasteiger charge is -2.27. The number of hydrogen-bond acceptors (Lipinski definition) is 6. The molecule has 2 aromatic rings. The van der Waals surface area contributed by atoms with Crippen LogP contribution in [0.2, 0.25) is 0 Å². The van der Waals surface area contributed by atoms with Gasteiger partial charge in [-0.1, -0.05) is 6.07 Å². The number of H-pyrrole nitrogens is 1. The molecular formula is C22H28FN5O3. The summed E-state index contributed by atoms with van der Waals surface area (Å²) >= 11 is 0. The third kappa shape index (κ3) is 4.87. The number of benzene rings is 1. The van der Waals surface area contributed by atoms with Crippen LogP contribution in [0, 0.1) is 12.7 Å². The number of aromatic nitrogens is 2. The smallest absolute Gasteiger partial charge is 0.255 e. The summed E-state index contributed by atoms with van der Waals surface area (Å²) in [6.45, 7) is 6.01. The number of rotatable bonds is 6. The maximum absolute atomic E-state index is 14.5. The second-order valence-corrected chi connectivity index (χ2v) is 7.93. The van der Waals surface area contributed by atoms with Crippen molar-refractivity contribution in [3.63, 3.8) is 0 Å². The average Bonchev–Trinajstić information content (AvgIpc) is 3.30. The number of para-hydroxylation sites is 1. The number of hydrogen-bond donors (Lipinski definition) is 2. The van der Waals surface area contributed by atoms with Gasteiger partial charge >= 0.3 is 0 Å². The fourth-order valence-electron chi connectivity index (χ4n) is 4.11. The molecule has 0 bridgehead atoms. The van der Waals surface area contributed by atoms with E-state index in [1.165, 1.54) is 6.07 Å². The first-order valence-electron chi connectivity index (χ1n) is 10.8. The molecule has 1 amide bonds. The van der Waals surface area contributed by atoms with Crippen molar-refractivity contribution in [2.24, 2.45) is 0 Å². The Labute approximate surface area is 180 Å². The second-order valence-electron chi connectivity index (χ2n) is 7.93. The van der Waals surface area contributed by atoms with Gasteiger partial charge in [-0.3, -0.25) is 14.6 Å². The second kappa shape index (κ2) is 9.47. The van der Waals surface area contributed by atoms with Gasteiger partial charge < -0.3 is 19.9 Å². The summed E-state index contributed by atoms with van der Waals surface area (Å²) in [6.07, 6.45) is 2.41. The van der Waals surface area contributed by atoms with Crippen LogP contribution in [0.5, 0.6) is 0 Å². The SMILES string of the molecule is Cc1nc(N2CCOCC2)[nH]c(=O)c1CCC(=O)Nc1c(F)cccc1N1CCCC1. The van der Waals surface area contributed by atoms with Gasteiger partial charge in [0.25, 0.3) is 5.56 Å². The van der Waals surface area contributed by atoms with E-state index in [9.17, 15) is 14.0 Å². The minimum Gasteiger partial charge on any atom is -0.378 e. The number of carbonyl (C=O) groups excluding carboxylic acids is 1. The molecule has 2 saturated heterocycles. The molecule has 3 heterocycles. The van der Waals surface area contributed by atoms with E-state index in [1.807, 2.05) is 11.0 Å². The van der Waals surface area contributed by atoms with E-state index in [2.05, 4.69) is 20.2 Å². The topological polar surface area (TPSA) is 90.6 Å². The molecule has 8 nitrogen and oxygen atoms in total. The van der Waals surface area contributed by atoms with E-state index in [4.69, 9.17) is 4.74 Å². The highest BCUT2D eigenvalue weighted by atomic mass is 19.1. The summed E-state index contributed by atoms with van der Waals surface area (Å²) in [7, 11) is 0. The van der Waals surface area contributed by atoms with Crippen molar-refractivity contribution in [1.29, 1.82) is 0 Å². The molecule has 0 atom stereocenters. The summed E-state index contributed by atoms with van der Waals surface area (Å²) in [5.41, 5.74) is 1.74. The molecule has 0 aliphatic carbocycles. The van der Waals surface area contributed by atoms with Crippen LogP contribution in [0.4, 0.5) is 21.7 Å². The summed E-state index contributed by atoms with van der Waals surface area (Å²) < 4.78 is 19.8. The lowest BCUT2D eigenvalue weighted by molar-refractivity contribution is -0.116. The van der Waals surface area contributed by atoms with Gasteiger partial charge in [0.15, 0.2) is 0 Å². The van der Waals surface area contributed by atoms with E-state index < -0.39 is 5.82 Å². The summed E-state index contributed by atoms with van der Waals surface area (Å²) in [5.74, 6) is -0.259. The molecule has 1 aromatic heterocycles. The number of carbonyl (C=O) groups is 1. The Bertz CT molecular complexity index is 997. The Morgan fingerprint density at radius 2 is 1.94 bits per heavy atom. The Morgan fingerprint density at radius 1 is 1.19 bits per heavy atom. The minimum atomic E-state index is -0.455. The van der Waals surface area contributed by atoms with Crippen molar-refractivity contribution in [1.82, 2.24) is 9.97 Å². The zero-order valence-electron chi connectivity index (χ0n) is 17.7. The van der Waals surface area contributed by atoms with Gasteiger partial charge in [-0.2, -0.15) is 0 Å². The van der Waals surface area contributed by atoms with E-state index in [0.29, 0.717) is 49.2 Å². The van der Waals surface area contributed by atoms with Crippen molar-refractivity contribution in [2.45, 2.75) is 32.6 Å². The highest BCUT2D eigenvalue weighted by Gasteiger charge is 2.21. The number of aromatic amines is 1. The molecule has 9 heteroatoms. The zero-order valence-corrected chi connectivity index (χ0v) is 17.7. The van der Waals surface area contributed by atoms with Crippen molar-refractivity contribution in [2.75, 3.05) is 54.5 Å². The van der Waals surface area contributed by atoms with Gasteiger partial charge in [0.2, 0.25) is 11.9 Å². The molecule has 4 rings (SSSR count). The quantitative estimate of drug-likeness (QED) is 0.732. The van der Waals surface area contributed by atoms with Crippen LogP contribution in [0.25, 0.3) is 0 Å². The molecule has 2 fully saturated rings. The first-order valence-corrected chi connectivity index (χ1v) is 10.8. The Morgan fingerprint density at radius 3 is 2.65 bits per heavy atom. The highest BCUT2D eigenvalue weighted by molar-refractivity contribution is 5.94. The van der Waals surface area contributed by atoms with Gasteiger partial charge in [-0.25, -0.2) is 9.37 Å². The van der Waals surface area contributed by atoms with Gasteiger partial charge in [0.05, 0.1) is 18.9 Å². The van der Waals surface area contributed by atoms with E-state index in [0.717, 1.165) is 25.9 Å². The fraction of sp³-hybridized carbons (Fsp3) is 0.500. The highest BCUT2D eigenvalue weighted by Crippen LogP contribution is 2.31. The minimum absolute atomic E-state index is 0.0657. The third-order valence-corrected chi connectivity index (χ3v) is 5.83. The van der Waals surface area contributed by atoms with E-state index in [1.54, 1.807) is 13.0 Å². The van der Waals surface area contributed by atoms with Gasteiger partial charge in [-0.05, 0) is 38.3 Å². The maximum atomic E-state index is 14.5. The van der Waals surface area contributed by atoms with Gasteiger partial charge in [0, 0.05) is 43.9 Å². The van der Waals surface area contributed by atoms with Crippen LogP contribution in [0.15, 0.2) is 23.0 Å². The first-order chi connectivity index (χ1) is 15.0. The molecule has 31 heavy (non-hydrogen) atoms. The molecule has 0 spiro atoms. The molecule has 0 radical (unpaired) electrons. The average molecular weight is 429 g/mol. The van der Waals surface area contributed by atoms with Crippen LogP contribution in [-0.4, -0.2) is 55.3 Å². The number of anilines is 3. The van der Waals surface area contributed by atoms with Crippen LogP contribution in [-0.2, 0) is 16.0 Å². The predicted molar refractivity (Wildman–Crippen MR) is 117 cm³/mol. The van der Waals surface area contributed by atoms with Crippen LogP contribution >= 0.6 is 0 Å². The van der Waals surface area contributed by atoms with Crippen molar-refractivity contribution in [3.8, 4) is 0 Å². The third-order valence-electron chi connectivity index (χ3n) is 5.83. The number of halogens is 1. The molecule has 0 saturated carbocycles. The fourth-order valence-corrected chi connectivity index (χ4v) is 4.11. The van der Waals surface area contributed by atoms with Crippen LogP contribution in [0.1, 0.15) is 30.5 Å². The van der Waals surface area contributed by atoms with Crippen molar-refractivity contribution in [3.05, 3.63) is 45.6 Å². The molecule has 2 N–H and O–H groups in total. The number of aryl methyl sites for hydroxylation is 1. The van der Waals surface area contributed by atoms with E-state index in [-0.39, 0.29) is 30.0 Å². The summed E-state index contributed by atoms with van der Waals surface area (Å²) in [5, 5.41) is 2.72. The zero-order chi connectivity index (χ0) is 21.8.